The second kappa shape index (κ2) is 3.21. The summed E-state index contributed by atoms with van der Waals surface area (Å²) in [5.74, 6) is 0.803. The molecule has 3 rings (SSSR count). The van der Waals surface area contributed by atoms with Crippen LogP contribution in [-0.4, -0.2) is 4.21 Å². The molecule has 0 amide bonds. The summed E-state index contributed by atoms with van der Waals surface area (Å²) in [7, 11) is -1.05. The molecule has 0 radical (unpaired) electrons. The molecule has 0 bridgehead atoms. The lowest BCUT2D eigenvalue weighted by atomic mass is 10.1. The molecule has 2 aliphatic rings. The van der Waals surface area contributed by atoms with E-state index in [9.17, 15) is 4.21 Å². The fraction of sp³-hybridized carbons (Fsp3) is 0. The predicted octanol–water partition coefficient (Wildman–Crippen LogP) is 2.58. The molecule has 0 aromatic heterocycles. The van der Waals surface area contributed by atoms with Crippen LogP contribution in [0.1, 0.15) is 5.56 Å². The molecule has 0 spiro atoms. The smallest absolute Gasteiger partial charge is 0.133 e. The van der Waals surface area contributed by atoms with Crippen LogP contribution in [0, 0.1) is 0 Å². The van der Waals surface area contributed by atoms with Crippen molar-refractivity contribution in [3.63, 3.8) is 0 Å². The second-order valence-corrected chi connectivity index (χ2v) is 4.64. The number of ether oxygens (including phenoxy) is 1. The van der Waals surface area contributed by atoms with Gasteiger partial charge in [0.2, 0.25) is 0 Å². The molecular weight excluding hydrogens is 208 g/mol. The molecule has 74 valence electrons. The van der Waals surface area contributed by atoms with Crippen LogP contribution in [0.5, 0.6) is 5.75 Å². The summed E-state index contributed by atoms with van der Waals surface area (Å²) >= 11 is 0. The normalized spacial score (nSPS) is 22.0. The van der Waals surface area contributed by atoms with E-state index >= 15 is 0 Å². The Bertz CT molecular complexity index is 538. The lowest BCUT2D eigenvalue weighted by Gasteiger charge is -2.01. The number of hydrogen-bond donors (Lipinski definition) is 0. The molecule has 0 aliphatic carbocycles. The van der Waals surface area contributed by atoms with E-state index < -0.39 is 10.8 Å². The van der Waals surface area contributed by atoms with Gasteiger partial charge in [-0.2, -0.15) is 0 Å². The number of fused-ring (bicyclic) bond motifs is 2. The Morgan fingerprint density at radius 2 is 2.07 bits per heavy atom. The minimum absolute atomic E-state index is 0.742. The average Bonchev–Trinajstić information content (AvgIpc) is 2.51. The maximum atomic E-state index is 11.5. The first-order valence-corrected chi connectivity index (χ1v) is 5.82. The maximum absolute atomic E-state index is 11.5. The van der Waals surface area contributed by atoms with Gasteiger partial charge in [0.25, 0.3) is 0 Å². The number of rotatable bonds is 0. The molecular formula is C12H8O2S. The largest absolute Gasteiger partial charge is 0.463 e. The van der Waals surface area contributed by atoms with Crippen molar-refractivity contribution >= 4 is 16.9 Å². The van der Waals surface area contributed by atoms with Gasteiger partial charge in [-0.25, -0.2) is 4.21 Å². The minimum Gasteiger partial charge on any atom is -0.463 e. The Morgan fingerprint density at radius 1 is 1.20 bits per heavy atom. The summed E-state index contributed by atoms with van der Waals surface area (Å²) in [5, 5.41) is 1.68. The number of allylic oxidation sites excluding steroid dienone is 2. The van der Waals surface area contributed by atoms with Crippen molar-refractivity contribution in [3.8, 4) is 5.75 Å². The SMILES string of the molecule is O=S1C=CC2=Cc3ccccc3OC=C21. The third-order valence-electron chi connectivity index (χ3n) is 2.40. The molecule has 0 N–H and O–H groups in total. The molecule has 2 heterocycles. The second-order valence-electron chi connectivity index (χ2n) is 3.34. The molecule has 1 atom stereocenters. The fourth-order valence-corrected chi connectivity index (χ4v) is 2.55. The minimum atomic E-state index is -1.05. The molecule has 15 heavy (non-hydrogen) atoms. The number of hydrogen-bond acceptors (Lipinski definition) is 2. The summed E-state index contributed by atoms with van der Waals surface area (Å²) < 4.78 is 17.0. The van der Waals surface area contributed by atoms with Gasteiger partial charge in [0.15, 0.2) is 0 Å². The van der Waals surface area contributed by atoms with Gasteiger partial charge in [0.1, 0.15) is 12.0 Å². The first kappa shape index (κ1) is 8.68. The van der Waals surface area contributed by atoms with E-state index in [-0.39, 0.29) is 0 Å². The van der Waals surface area contributed by atoms with Gasteiger partial charge in [-0.3, -0.25) is 0 Å². The van der Waals surface area contributed by atoms with Crippen molar-refractivity contribution in [2.24, 2.45) is 0 Å². The van der Waals surface area contributed by atoms with Gasteiger partial charge in [-0.05, 0) is 23.8 Å². The first-order chi connectivity index (χ1) is 7.34. The van der Waals surface area contributed by atoms with E-state index in [0.29, 0.717) is 0 Å². The summed E-state index contributed by atoms with van der Waals surface area (Å²) in [6.07, 6.45) is 5.44. The van der Waals surface area contributed by atoms with Crippen LogP contribution in [0.3, 0.4) is 0 Å². The third kappa shape index (κ3) is 1.36. The van der Waals surface area contributed by atoms with Crippen LogP contribution in [0.4, 0.5) is 0 Å². The Hall–Kier alpha value is -1.61. The van der Waals surface area contributed by atoms with E-state index in [2.05, 4.69) is 0 Å². The van der Waals surface area contributed by atoms with Crippen LogP contribution in [-0.2, 0) is 10.8 Å². The zero-order chi connectivity index (χ0) is 10.3. The predicted molar refractivity (Wildman–Crippen MR) is 60.4 cm³/mol. The van der Waals surface area contributed by atoms with Crippen molar-refractivity contribution < 1.29 is 8.95 Å². The van der Waals surface area contributed by atoms with Crippen molar-refractivity contribution in [3.05, 3.63) is 58.1 Å². The van der Waals surface area contributed by atoms with Crippen LogP contribution in [0.25, 0.3) is 6.08 Å². The van der Waals surface area contributed by atoms with E-state index in [4.69, 9.17) is 4.74 Å². The highest BCUT2D eigenvalue weighted by Crippen LogP contribution is 2.32. The van der Waals surface area contributed by atoms with Crippen molar-refractivity contribution in [2.45, 2.75) is 0 Å². The Kier molecular flexibility index (Phi) is 1.86. The van der Waals surface area contributed by atoms with Crippen LogP contribution in [0.15, 0.2) is 52.5 Å². The molecule has 1 aromatic carbocycles. The van der Waals surface area contributed by atoms with Crippen molar-refractivity contribution in [1.29, 1.82) is 0 Å². The topological polar surface area (TPSA) is 26.3 Å². The Morgan fingerprint density at radius 3 is 3.00 bits per heavy atom. The van der Waals surface area contributed by atoms with Gasteiger partial charge < -0.3 is 4.74 Å². The van der Waals surface area contributed by atoms with Gasteiger partial charge in [-0.1, -0.05) is 18.2 Å². The van der Waals surface area contributed by atoms with Crippen molar-refractivity contribution in [1.82, 2.24) is 0 Å². The number of para-hydroxylation sites is 1. The van der Waals surface area contributed by atoms with Crippen LogP contribution < -0.4 is 4.74 Å². The monoisotopic (exact) mass is 216 g/mol. The quantitative estimate of drug-likeness (QED) is 0.666. The van der Waals surface area contributed by atoms with Crippen molar-refractivity contribution in [2.75, 3.05) is 0 Å². The van der Waals surface area contributed by atoms with Crippen LogP contribution >= 0.6 is 0 Å². The average molecular weight is 216 g/mol. The van der Waals surface area contributed by atoms with E-state index in [1.807, 2.05) is 36.4 Å². The molecule has 0 fully saturated rings. The lowest BCUT2D eigenvalue weighted by Crippen LogP contribution is -1.89. The standard InChI is InChI=1S/C12H8O2S/c13-15-6-5-10-7-9-3-1-2-4-11(9)14-8-12(10)15/h1-8H. The highest BCUT2D eigenvalue weighted by molar-refractivity contribution is 7.92. The van der Waals surface area contributed by atoms with Gasteiger partial charge in [-0.15, -0.1) is 0 Å². The highest BCUT2D eigenvalue weighted by Gasteiger charge is 2.19. The van der Waals surface area contributed by atoms with E-state index in [1.165, 1.54) is 0 Å². The molecule has 1 aromatic rings. The Balaban J connectivity index is 2.20. The van der Waals surface area contributed by atoms with Crippen LogP contribution in [0.2, 0.25) is 0 Å². The summed E-state index contributed by atoms with van der Waals surface area (Å²) in [6, 6.07) is 7.76. The zero-order valence-electron chi connectivity index (χ0n) is 7.84. The maximum Gasteiger partial charge on any atom is 0.133 e. The van der Waals surface area contributed by atoms with Gasteiger partial charge >= 0.3 is 0 Å². The summed E-state index contributed by atoms with van der Waals surface area (Å²) in [5.41, 5.74) is 1.99. The van der Waals surface area contributed by atoms with E-state index in [1.54, 1.807) is 11.7 Å². The zero-order valence-corrected chi connectivity index (χ0v) is 8.66. The molecule has 3 heteroatoms. The molecule has 2 nitrogen and oxygen atoms in total. The van der Waals surface area contributed by atoms with Gasteiger partial charge in [0, 0.05) is 11.0 Å². The highest BCUT2D eigenvalue weighted by atomic mass is 32.2. The summed E-state index contributed by atoms with van der Waals surface area (Å²) in [6.45, 7) is 0. The van der Waals surface area contributed by atoms with Gasteiger partial charge in [0.05, 0.1) is 15.7 Å². The summed E-state index contributed by atoms with van der Waals surface area (Å²) in [4.78, 5) is 0.742. The fourth-order valence-electron chi connectivity index (χ4n) is 1.63. The first-order valence-electron chi connectivity index (χ1n) is 4.61. The molecule has 0 saturated carbocycles. The molecule has 1 unspecified atom stereocenters. The Labute approximate surface area is 90.0 Å². The lowest BCUT2D eigenvalue weighted by molar-refractivity contribution is 0.480. The number of benzene rings is 1. The third-order valence-corrected chi connectivity index (χ3v) is 3.54. The van der Waals surface area contributed by atoms with E-state index in [0.717, 1.165) is 21.8 Å². The molecule has 2 aliphatic heterocycles. The molecule has 0 saturated heterocycles.